The molecule has 0 spiro atoms. The van der Waals surface area contributed by atoms with E-state index in [1.165, 1.54) is 0 Å². The highest BCUT2D eigenvalue weighted by atomic mass is 16.5. The number of carbonyl (C=O) groups excluding carboxylic acids is 1. The molecule has 4 nitrogen and oxygen atoms in total. The van der Waals surface area contributed by atoms with E-state index in [0.29, 0.717) is 24.3 Å². The molecular weight excluding hydrogens is 324 g/mol. The summed E-state index contributed by atoms with van der Waals surface area (Å²) in [5.74, 6) is 0.232. The second kappa shape index (κ2) is 7.45. The Bertz CT molecular complexity index is 859. The summed E-state index contributed by atoms with van der Waals surface area (Å²) in [5, 5.41) is 9.52. The van der Waals surface area contributed by atoms with Crippen LogP contribution in [-0.4, -0.2) is 17.6 Å². The number of para-hydroxylation sites is 1. The van der Waals surface area contributed by atoms with Gasteiger partial charge in [0.2, 0.25) is 0 Å². The largest absolute Gasteiger partial charge is 0.462 e. The Hall–Kier alpha value is -2.41. The molecule has 0 saturated heterocycles. The van der Waals surface area contributed by atoms with Gasteiger partial charge in [-0.25, -0.2) is 4.79 Å². The van der Waals surface area contributed by atoms with Gasteiger partial charge in [-0.1, -0.05) is 39.0 Å². The number of carbonyl (C=O) groups is 1. The fraction of sp³-hybridized carbons (Fsp3) is 0.500. The summed E-state index contributed by atoms with van der Waals surface area (Å²) in [5.41, 5.74) is 3.81. The number of fused-ring (bicyclic) bond motifs is 2. The Morgan fingerprint density at radius 3 is 2.85 bits per heavy atom. The van der Waals surface area contributed by atoms with Crippen molar-refractivity contribution < 1.29 is 9.53 Å². The lowest BCUT2D eigenvalue weighted by molar-refractivity contribution is 0.0501. The van der Waals surface area contributed by atoms with Gasteiger partial charge in [0, 0.05) is 17.5 Å². The van der Waals surface area contributed by atoms with Gasteiger partial charge in [0.25, 0.3) is 0 Å². The lowest BCUT2D eigenvalue weighted by atomic mass is 9.70. The summed E-state index contributed by atoms with van der Waals surface area (Å²) in [7, 11) is 0. The van der Waals surface area contributed by atoms with Crippen molar-refractivity contribution in [2.24, 2.45) is 11.3 Å². The van der Waals surface area contributed by atoms with E-state index < -0.39 is 0 Å². The van der Waals surface area contributed by atoms with E-state index in [2.05, 4.69) is 26.8 Å². The van der Waals surface area contributed by atoms with Gasteiger partial charge in [-0.3, -0.25) is 4.98 Å². The van der Waals surface area contributed by atoms with Crippen molar-refractivity contribution in [1.82, 2.24) is 4.98 Å². The average Bonchev–Trinajstić information content (AvgIpc) is 2.61. The molecule has 0 saturated carbocycles. The number of rotatable bonds is 4. The van der Waals surface area contributed by atoms with Crippen molar-refractivity contribution in [2.75, 3.05) is 6.61 Å². The van der Waals surface area contributed by atoms with Crippen LogP contribution in [0.2, 0.25) is 0 Å². The van der Waals surface area contributed by atoms with Crippen molar-refractivity contribution in [1.29, 1.82) is 5.26 Å². The molecule has 1 aromatic carbocycles. The molecule has 0 radical (unpaired) electrons. The smallest absolute Gasteiger partial charge is 0.339 e. The Balaban J connectivity index is 2.02. The molecule has 3 rings (SSSR count). The number of aromatic nitrogens is 1. The van der Waals surface area contributed by atoms with E-state index >= 15 is 0 Å². The van der Waals surface area contributed by atoms with Crippen LogP contribution in [-0.2, 0) is 17.6 Å². The molecule has 1 aromatic heterocycles. The fourth-order valence-electron chi connectivity index (χ4n) is 3.75. The van der Waals surface area contributed by atoms with E-state index in [1.807, 2.05) is 24.3 Å². The quantitative estimate of drug-likeness (QED) is 0.584. The molecule has 1 atom stereocenters. The zero-order valence-corrected chi connectivity index (χ0v) is 15.8. The topological polar surface area (TPSA) is 63.0 Å². The second-order valence-corrected chi connectivity index (χ2v) is 8.13. The molecule has 1 aliphatic rings. The molecule has 0 aliphatic heterocycles. The predicted molar refractivity (Wildman–Crippen MR) is 102 cm³/mol. The van der Waals surface area contributed by atoms with Gasteiger partial charge >= 0.3 is 5.97 Å². The molecule has 0 unspecified atom stereocenters. The van der Waals surface area contributed by atoms with Crippen LogP contribution in [0.4, 0.5) is 0 Å². The van der Waals surface area contributed by atoms with E-state index in [9.17, 15) is 4.79 Å². The van der Waals surface area contributed by atoms with Crippen LogP contribution < -0.4 is 0 Å². The summed E-state index contributed by atoms with van der Waals surface area (Å²) in [4.78, 5) is 17.8. The van der Waals surface area contributed by atoms with Gasteiger partial charge in [-0.15, -0.1) is 0 Å². The first-order valence-corrected chi connectivity index (χ1v) is 9.36. The van der Waals surface area contributed by atoms with Crippen LogP contribution in [0.5, 0.6) is 0 Å². The van der Waals surface area contributed by atoms with E-state index in [4.69, 9.17) is 15.0 Å². The molecule has 0 amide bonds. The van der Waals surface area contributed by atoms with Gasteiger partial charge in [0.05, 0.1) is 23.8 Å². The Labute approximate surface area is 155 Å². The zero-order valence-electron chi connectivity index (χ0n) is 15.8. The number of esters is 1. The van der Waals surface area contributed by atoms with Crippen LogP contribution in [0.1, 0.15) is 61.6 Å². The average molecular weight is 350 g/mol. The first-order chi connectivity index (χ1) is 12.4. The van der Waals surface area contributed by atoms with Crippen LogP contribution in [0, 0.1) is 22.7 Å². The van der Waals surface area contributed by atoms with Crippen LogP contribution in [0.3, 0.4) is 0 Å². The zero-order chi connectivity index (χ0) is 18.7. The molecular formula is C22H26N2O2. The number of benzene rings is 1. The highest BCUT2D eigenvalue weighted by Crippen LogP contribution is 2.39. The molecule has 0 bridgehead atoms. The maximum Gasteiger partial charge on any atom is 0.339 e. The molecule has 1 aliphatic carbocycles. The third kappa shape index (κ3) is 3.72. The van der Waals surface area contributed by atoms with Crippen molar-refractivity contribution in [2.45, 2.75) is 52.9 Å². The van der Waals surface area contributed by atoms with Crippen LogP contribution in [0.25, 0.3) is 10.9 Å². The number of nitriles is 1. The number of pyridine rings is 1. The van der Waals surface area contributed by atoms with Crippen molar-refractivity contribution in [3.05, 3.63) is 41.1 Å². The standard InChI is InChI=1S/C22H26N2O2/c1-22(2,3)15-10-11-19-17(14-15)20(21(25)26-13-7-6-12-23)16-8-4-5-9-18(16)24-19/h4-5,8-9,15H,6-7,10-11,13-14H2,1-3H3/t15-/m1/s1. The number of hydrogen-bond acceptors (Lipinski definition) is 4. The number of hydrogen-bond donors (Lipinski definition) is 0. The maximum atomic E-state index is 12.9. The third-order valence-electron chi connectivity index (χ3n) is 5.35. The molecule has 4 heteroatoms. The maximum absolute atomic E-state index is 12.9. The number of unbranched alkanes of at least 4 members (excludes halogenated alkanes) is 1. The molecule has 0 fully saturated rings. The van der Waals surface area contributed by atoms with Crippen molar-refractivity contribution in [3.63, 3.8) is 0 Å². The van der Waals surface area contributed by atoms with Gasteiger partial charge in [-0.05, 0) is 48.6 Å². The normalized spacial score (nSPS) is 16.8. The van der Waals surface area contributed by atoms with Gasteiger partial charge in [0.15, 0.2) is 0 Å². The van der Waals surface area contributed by atoms with Crippen LogP contribution in [0.15, 0.2) is 24.3 Å². The highest BCUT2D eigenvalue weighted by Gasteiger charge is 2.33. The summed E-state index contributed by atoms with van der Waals surface area (Å²) in [6.45, 7) is 7.06. The van der Waals surface area contributed by atoms with Crippen molar-refractivity contribution in [3.8, 4) is 6.07 Å². The van der Waals surface area contributed by atoms with Gasteiger partial charge in [0.1, 0.15) is 0 Å². The van der Waals surface area contributed by atoms with Crippen molar-refractivity contribution >= 4 is 16.9 Å². The van der Waals surface area contributed by atoms with Gasteiger partial charge in [-0.2, -0.15) is 5.26 Å². The molecule has 1 heterocycles. The van der Waals surface area contributed by atoms with E-state index in [0.717, 1.165) is 41.4 Å². The van der Waals surface area contributed by atoms with Crippen LogP contribution >= 0.6 is 0 Å². The summed E-state index contributed by atoms with van der Waals surface area (Å²) < 4.78 is 5.51. The second-order valence-electron chi connectivity index (χ2n) is 8.13. The number of ether oxygens (including phenoxy) is 1. The molecule has 26 heavy (non-hydrogen) atoms. The molecule has 136 valence electrons. The summed E-state index contributed by atoms with van der Waals surface area (Å²) in [6.07, 6.45) is 3.82. The van der Waals surface area contributed by atoms with E-state index in [-0.39, 0.29) is 18.0 Å². The summed E-state index contributed by atoms with van der Waals surface area (Å²) in [6, 6.07) is 9.88. The Morgan fingerprint density at radius 2 is 2.12 bits per heavy atom. The third-order valence-corrected chi connectivity index (χ3v) is 5.35. The summed E-state index contributed by atoms with van der Waals surface area (Å²) >= 11 is 0. The first-order valence-electron chi connectivity index (χ1n) is 9.36. The lowest BCUT2D eigenvalue weighted by Crippen LogP contribution is -2.29. The fourth-order valence-corrected chi connectivity index (χ4v) is 3.75. The minimum atomic E-state index is -0.285. The van der Waals surface area contributed by atoms with E-state index in [1.54, 1.807) is 0 Å². The Morgan fingerprint density at radius 1 is 1.35 bits per heavy atom. The lowest BCUT2D eigenvalue weighted by Gasteiger charge is -2.35. The minimum absolute atomic E-state index is 0.192. The van der Waals surface area contributed by atoms with Gasteiger partial charge < -0.3 is 4.74 Å². The predicted octanol–water partition coefficient (Wildman–Crippen LogP) is 4.85. The highest BCUT2D eigenvalue weighted by molar-refractivity contribution is 6.05. The monoisotopic (exact) mass is 350 g/mol. The SMILES string of the molecule is CC(C)(C)[C@@H]1CCc2nc3ccccc3c(C(=O)OCCCC#N)c2C1. The Kier molecular flexibility index (Phi) is 5.27. The number of nitrogens with zero attached hydrogens (tertiary/aromatic N) is 2. The minimum Gasteiger partial charge on any atom is -0.462 e. The number of aryl methyl sites for hydroxylation is 1. The molecule has 2 aromatic rings. The first kappa shape index (κ1) is 18.4. The molecule has 0 N–H and O–H groups in total.